The summed E-state index contributed by atoms with van der Waals surface area (Å²) in [6.07, 6.45) is 4.15. The molecule has 0 fully saturated rings. The summed E-state index contributed by atoms with van der Waals surface area (Å²) in [5, 5.41) is 14.4. The number of rotatable bonds is 7. The summed E-state index contributed by atoms with van der Waals surface area (Å²) in [4.78, 5) is 31.8. The van der Waals surface area contributed by atoms with Crippen LogP contribution in [0.15, 0.2) is 29.9 Å². The first-order valence-electron chi connectivity index (χ1n) is 7.38. The predicted molar refractivity (Wildman–Crippen MR) is 88.1 cm³/mol. The van der Waals surface area contributed by atoms with Crippen molar-refractivity contribution in [1.82, 2.24) is 15.3 Å². The maximum absolute atomic E-state index is 12.1. The highest BCUT2D eigenvalue weighted by Gasteiger charge is 2.25. The largest absolute Gasteiger partial charge is 0.480 e. The van der Waals surface area contributed by atoms with E-state index in [0.717, 1.165) is 10.6 Å². The van der Waals surface area contributed by atoms with Gasteiger partial charge in [-0.2, -0.15) is 0 Å². The molecule has 23 heavy (non-hydrogen) atoms. The molecule has 0 aromatic carbocycles. The Labute approximate surface area is 138 Å². The fourth-order valence-corrected chi connectivity index (χ4v) is 2.89. The first kappa shape index (κ1) is 17.1. The fraction of sp³-hybridized carbons (Fsp3) is 0.375. The molecule has 0 aliphatic heterocycles. The summed E-state index contributed by atoms with van der Waals surface area (Å²) in [5.74, 6) is -1.47. The lowest BCUT2D eigenvalue weighted by atomic mass is 9.99. The summed E-state index contributed by atoms with van der Waals surface area (Å²) in [5.41, 5.74) is 1.52. The average molecular weight is 333 g/mol. The molecule has 2 N–H and O–H groups in total. The van der Waals surface area contributed by atoms with Crippen LogP contribution >= 0.6 is 11.3 Å². The summed E-state index contributed by atoms with van der Waals surface area (Å²) < 4.78 is 0. The number of hydrogen-bond donors (Lipinski definition) is 2. The first-order chi connectivity index (χ1) is 11.0. The van der Waals surface area contributed by atoms with Crippen molar-refractivity contribution >= 4 is 23.2 Å². The van der Waals surface area contributed by atoms with Gasteiger partial charge in [-0.25, -0.2) is 9.78 Å². The maximum Gasteiger partial charge on any atom is 0.326 e. The third-order valence-electron chi connectivity index (χ3n) is 3.60. The number of nitrogens with zero attached hydrogens (tertiary/aromatic N) is 2. The van der Waals surface area contributed by atoms with Gasteiger partial charge in [0.25, 0.3) is 0 Å². The number of aromatic nitrogens is 2. The van der Waals surface area contributed by atoms with Crippen LogP contribution < -0.4 is 5.32 Å². The maximum atomic E-state index is 12.1. The Morgan fingerprint density at radius 3 is 2.83 bits per heavy atom. The van der Waals surface area contributed by atoms with E-state index < -0.39 is 12.0 Å². The van der Waals surface area contributed by atoms with E-state index in [1.165, 1.54) is 11.3 Å². The van der Waals surface area contributed by atoms with Crippen molar-refractivity contribution in [3.63, 3.8) is 0 Å². The Balaban J connectivity index is 2.01. The van der Waals surface area contributed by atoms with E-state index in [4.69, 9.17) is 0 Å². The van der Waals surface area contributed by atoms with Crippen molar-refractivity contribution in [2.24, 2.45) is 5.92 Å². The van der Waals surface area contributed by atoms with Gasteiger partial charge in [-0.15, -0.1) is 11.3 Å². The van der Waals surface area contributed by atoms with E-state index in [0.29, 0.717) is 12.1 Å². The van der Waals surface area contributed by atoms with Crippen LogP contribution in [0.25, 0.3) is 10.6 Å². The zero-order valence-electron chi connectivity index (χ0n) is 13.0. The lowest BCUT2D eigenvalue weighted by Crippen LogP contribution is -2.45. The number of amides is 1. The molecule has 2 aromatic heterocycles. The molecular weight excluding hydrogens is 314 g/mol. The van der Waals surface area contributed by atoms with Gasteiger partial charge in [-0.3, -0.25) is 9.78 Å². The quantitative estimate of drug-likeness (QED) is 0.811. The topological polar surface area (TPSA) is 92.2 Å². The van der Waals surface area contributed by atoms with Crippen LogP contribution in [0, 0.1) is 5.92 Å². The number of carbonyl (C=O) groups excluding carboxylic acids is 1. The Morgan fingerprint density at radius 1 is 1.43 bits per heavy atom. The van der Waals surface area contributed by atoms with Gasteiger partial charge in [-0.1, -0.05) is 20.3 Å². The van der Waals surface area contributed by atoms with Crippen molar-refractivity contribution in [3.8, 4) is 10.6 Å². The average Bonchev–Trinajstić information content (AvgIpc) is 3.01. The highest BCUT2D eigenvalue weighted by Crippen LogP contribution is 2.22. The van der Waals surface area contributed by atoms with Gasteiger partial charge in [0.15, 0.2) is 0 Å². The number of hydrogen-bond acceptors (Lipinski definition) is 5. The first-order valence-corrected chi connectivity index (χ1v) is 8.26. The number of thiazole rings is 1. The summed E-state index contributed by atoms with van der Waals surface area (Å²) >= 11 is 1.43. The van der Waals surface area contributed by atoms with Crippen LogP contribution in [0.4, 0.5) is 0 Å². The summed E-state index contributed by atoms with van der Waals surface area (Å²) in [6.45, 7) is 3.70. The zero-order valence-corrected chi connectivity index (χ0v) is 13.8. The van der Waals surface area contributed by atoms with E-state index in [-0.39, 0.29) is 18.2 Å². The Kier molecular flexibility index (Phi) is 5.81. The molecule has 0 unspecified atom stereocenters. The molecule has 1 amide bonds. The number of nitrogens with one attached hydrogen (secondary N) is 1. The second-order valence-electron chi connectivity index (χ2n) is 5.33. The Bertz CT molecular complexity index is 672. The monoisotopic (exact) mass is 333 g/mol. The van der Waals surface area contributed by atoms with E-state index in [9.17, 15) is 14.7 Å². The SMILES string of the molecule is CC[C@H](C)[C@H](NC(=O)Cc1csc(-c2cccnc2)n1)C(=O)O. The van der Waals surface area contributed by atoms with Gasteiger partial charge in [-0.05, 0) is 18.1 Å². The van der Waals surface area contributed by atoms with Crippen molar-refractivity contribution in [2.75, 3.05) is 0 Å². The van der Waals surface area contributed by atoms with Gasteiger partial charge in [0.2, 0.25) is 5.91 Å². The normalized spacial score (nSPS) is 13.3. The molecule has 7 heteroatoms. The Hall–Kier alpha value is -2.28. The third kappa shape index (κ3) is 4.59. The predicted octanol–water partition coefficient (Wildman–Crippen LogP) is 2.36. The summed E-state index contributed by atoms with van der Waals surface area (Å²) in [6, 6.07) is 2.86. The minimum absolute atomic E-state index is 0.0664. The highest BCUT2D eigenvalue weighted by molar-refractivity contribution is 7.13. The fourth-order valence-electron chi connectivity index (χ4n) is 2.08. The molecule has 0 saturated heterocycles. The molecule has 6 nitrogen and oxygen atoms in total. The standard InChI is InChI=1S/C16H19N3O3S/c1-3-10(2)14(16(21)22)19-13(20)7-12-9-23-15(18-12)11-5-4-6-17-8-11/h4-6,8-10,14H,3,7H2,1-2H3,(H,19,20)(H,21,22)/t10-,14-/m0/s1. The highest BCUT2D eigenvalue weighted by atomic mass is 32.1. The van der Waals surface area contributed by atoms with Crippen LogP contribution in [0.3, 0.4) is 0 Å². The number of pyridine rings is 1. The minimum atomic E-state index is -1.01. The van der Waals surface area contributed by atoms with E-state index in [1.807, 2.05) is 26.0 Å². The Morgan fingerprint density at radius 2 is 2.22 bits per heavy atom. The van der Waals surface area contributed by atoms with Crippen molar-refractivity contribution in [1.29, 1.82) is 0 Å². The molecule has 0 aliphatic carbocycles. The number of carboxylic acid groups (broad SMARTS) is 1. The molecule has 0 aliphatic rings. The third-order valence-corrected chi connectivity index (χ3v) is 4.54. The van der Waals surface area contributed by atoms with Crippen LogP contribution in [-0.2, 0) is 16.0 Å². The number of aliphatic carboxylic acids is 1. The molecule has 0 radical (unpaired) electrons. The summed E-state index contributed by atoms with van der Waals surface area (Å²) in [7, 11) is 0. The van der Waals surface area contributed by atoms with E-state index in [1.54, 1.807) is 17.8 Å². The van der Waals surface area contributed by atoms with Crippen molar-refractivity contribution in [3.05, 3.63) is 35.6 Å². The van der Waals surface area contributed by atoms with Crippen LogP contribution in [0.1, 0.15) is 26.0 Å². The number of carbonyl (C=O) groups is 2. The second kappa shape index (κ2) is 7.82. The van der Waals surface area contributed by atoms with Gasteiger partial charge in [0.05, 0.1) is 12.1 Å². The van der Waals surface area contributed by atoms with E-state index in [2.05, 4.69) is 15.3 Å². The molecular formula is C16H19N3O3S. The lowest BCUT2D eigenvalue weighted by molar-refractivity contribution is -0.143. The molecule has 0 saturated carbocycles. The van der Waals surface area contributed by atoms with Gasteiger partial charge in [0.1, 0.15) is 11.0 Å². The number of carboxylic acids is 1. The van der Waals surface area contributed by atoms with Crippen LogP contribution in [0.2, 0.25) is 0 Å². The van der Waals surface area contributed by atoms with Crippen LogP contribution in [-0.4, -0.2) is 33.0 Å². The zero-order chi connectivity index (χ0) is 16.8. The van der Waals surface area contributed by atoms with Crippen molar-refractivity contribution < 1.29 is 14.7 Å². The van der Waals surface area contributed by atoms with Gasteiger partial charge < -0.3 is 10.4 Å². The molecule has 2 atom stereocenters. The molecule has 2 aromatic rings. The lowest BCUT2D eigenvalue weighted by Gasteiger charge is -2.19. The second-order valence-corrected chi connectivity index (χ2v) is 6.19. The van der Waals surface area contributed by atoms with Gasteiger partial charge >= 0.3 is 5.97 Å². The van der Waals surface area contributed by atoms with E-state index >= 15 is 0 Å². The minimum Gasteiger partial charge on any atom is -0.480 e. The smallest absolute Gasteiger partial charge is 0.326 e. The van der Waals surface area contributed by atoms with Gasteiger partial charge in [0, 0.05) is 23.3 Å². The molecule has 2 rings (SSSR count). The van der Waals surface area contributed by atoms with Crippen LogP contribution in [0.5, 0.6) is 0 Å². The molecule has 0 bridgehead atoms. The molecule has 0 spiro atoms. The van der Waals surface area contributed by atoms with Crippen molar-refractivity contribution in [2.45, 2.75) is 32.7 Å². The molecule has 122 valence electrons. The molecule has 2 heterocycles.